The number of rotatable bonds is 11. The van der Waals surface area contributed by atoms with Gasteiger partial charge >= 0.3 is 6.09 Å². The fourth-order valence-electron chi connectivity index (χ4n) is 3.92. The van der Waals surface area contributed by atoms with Gasteiger partial charge < -0.3 is 29.4 Å². The molecular weight excluding hydrogens is 533 g/mol. The maximum Gasteiger partial charge on any atom is 0.414 e. The van der Waals surface area contributed by atoms with Gasteiger partial charge in [-0.1, -0.05) is 41.9 Å². The van der Waals surface area contributed by atoms with Gasteiger partial charge in [0.1, 0.15) is 12.4 Å². The second-order valence-electron chi connectivity index (χ2n) is 9.28. The lowest BCUT2D eigenvalue weighted by atomic mass is 10.1. The van der Waals surface area contributed by atoms with Gasteiger partial charge in [-0.3, -0.25) is 10.1 Å². The number of halogens is 2. The largest absolute Gasteiger partial charge is 0.447 e. The Morgan fingerprint density at radius 1 is 1.21 bits per heavy atom. The van der Waals surface area contributed by atoms with E-state index in [1.165, 1.54) is 6.07 Å². The average molecular weight is 562 g/mol. The standard InChI is InChI=1S/C26H29ClFN5O6/c1-26(2)37-15-19(38-26)11-18(30-21(34)13-29-12-17-9-6-10-20(28)22(17)27)14-36-25(35)32-24-31-23(39-33-24)16-7-4-3-5-8-16/h3-10,18-19,29H,11-15H2,1-2H3,(H,30,34)(H,32,33,35)/t18-,19+/m0/s1. The molecule has 2 heterocycles. The number of nitrogens with one attached hydrogen (secondary N) is 3. The van der Waals surface area contributed by atoms with E-state index in [9.17, 15) is 14.0 Å². The van der Waals surface area contributed by atoms with Crippen molar-refractivity contribution in [1.82, 2.24) is 20.8 Å². The van der Waals surface area contributed by atoms with Gasteiger partial charge in [0.05, 0.1) is 30.3 Å². The van der Waals surface area contributed by atoms with Gasteiger partial charge in [-0.15, -0.1) is 0 Å². The Morgan fingerprint density at radius 3 is 2.74 bits per heavy atom. The van der Waals surface area contributed by atoms with Gasteiger partial charge in [0.25, 0.3) is 11.8 Å². The van der Waals surface area contributed by atoms with Crippen LogP contribution in [0.4, 0.5) is 15.1 Å². The number of benzene rings is 2. The van der Waals surface area contributed by atoms with Crippen LogP contribution in [0.15, 0.2) is 53.1 Å². The first-order valence-corrected chi connectivity index (χ1v) is 12.6. The van der Waals surface area contributed by atoms with E-state index in [4.69, 9.17) is 30.3 Å². The summed E-state index contributed by atoms with van der Waals surface area (Å²) in [4.78, 5) is 29.2. The van der Waals surface area contributed by atoms with E-state index in [-0.39, 0.29) is 48.6 Å². The van der Waals surface area contributed by atoms with Crippen LogP contribution in [0, 0.1) is 5.82 Å². The van der Waals surface area contributed by atoms with Gasteiger partial charge in [-0.2, -0.15) is 4.98 Å². The molecule has 1 aliphatic heterocycles. The van der Waals surface area contributed by atoms with Crippen LogP contribution in [0.5, 0.6) is 0 Å². The summed E-state index contributed by atoms with van der Waals surface area (Å²) < 4.78 is 35.6. The Labute approximate surface area is 229 Å². The Kier molecular flexibility index (Phi) is 9.46. The van der Waals surface area contributed by atoms with Crippen molar-refractivity contribution < 1.29 is 32.7 Å². The molecule has 3 aromatic rings. The Balaban J connectivity index is 1.29. The maximum atomic E-state index is 13.6. The molecule has 3 N–H and O–H groups in total. The second-order valence-corrected chi connectivity index (χ2v) is 9.66. The molecule has 0 aliphatic carbocycles. The minimum Gasteiger partial charge on any atom is -0.447 e. The summed E-state index contributed by atoms with van der Waals surface area (Å²) in [6.45, 7) is 3.87. The number of aromatic nitrogens is 2. The normalized spacial score (nSPS) is 17.0. The number of carbonyl (C=O) groups excluding carboxylic acids is 2. The highest BCUT2D eigenvalue weighted by atomic mass is 35.5. The smallest absolute Gasteiger partial charge is 0.414 e. The molecule has 11 nitrogen and oxygen atoms in total. The van der Waals surface area contributed by atoms with Crippen molar-refractivity contribution in [3.8, 4) is 11.5 Å². The molecule has 0 spiro atoms. The van der Waals surface area contributed by atoms with Gasteiger partial charge in [0.15, 0.2) is 5.79 Å². The number of hydrogen-bond donors (Lipinski definition) is 3. The van der Waals surface area contributed by atoms with Crippen molar-refractivity contribution in [3.63, 3.8) is 0 Å². The molecule has 1 aromatic heterocycles. The van der Waals surface area contributed by atoms with E-state index in [0.29, 0.717) is 24.2 Å². The minimum absolute atomic E-state index is 0.00110. The first kappa shape index (κ1) is 28.4. The molecule has 39 heavy (non-hydrogen) atoms. The second kappa shape index (κ2) is 13.0. The molecule has 1 fully saturated rings. The predicted octanol–water partition coefficient (Wildman–Crippen LogP) is 3.89. The van der Waals surface area contributed by atoms with E-state index in [0.717, 1.165) is 0 Å². The third-order valence-corrected chi connectivity index (χ3v) is 6.11. The summed E-state index contributed by atoms with van der Waals surface area (Å²) in [6.07, 6.45) is -0.808. The molecule has 2 amide bonds. The van der Waals surface area contributed by atoms with Gasteiger partial charge in [0, 0.05) is 12.1 Å². The summed E-state index contributed by atoms with van der Waals surface area (Å²) in [5.74, 6) is -1.47. The Hall–Kier alpha value is -3.58. The molecule has 1 saturated heterocycles. The molecule has 2 atom stereocenters. The van der Waals surface area contributed by atoms with Crippen molar-refractivity contribution in [2.45, 2.75) is 44.7 Å². The topological polar surface area (TPSA) is 137 Å². The van der Waals surface area contributed by atoms with Crippen molar-refractivity contribution in [3.05, 3.63) is 64.9 Å². The maximum absolute atomic E-state index is 13.6. The van der Waals surface area contributed by atoms with E-state index in [2.05, 4.69) is 26.1 Å². The van der Waals surface area contributed by atoms with E-state index >= 15 is 0 Å². The molecule has 1 aliphatic rings. The zero-order chi connectivity index (χ0) is 27.8. The highest BCUT2D eigenvalue weighted by Gasteiger charge is 2.34. The highest BCUT2D eigenvalue weighted by Crippen LogP contribution is 2.25. The van der Waals surface area contributed by atoms with Crippen molar-refractivity contribution in [2.24, 2.45) is 0 Å². The summed E-state index contributed by atoms with van der Waals surface area (Å²) in [7, 11) is 0. The summed E-state index contributed by atoms with van der Waals surface area (Å²) in [5, 5.41) is 11.9. The molecule has 0 bridgehead atoms. The fourth-order valence-corrected chi connectivity index (χ4v) is 4.11. The molecular formula is C26H29ClFN5O6. The summed E-state index contributed by atoms with van der Waals surface area (Å²) in [5.41, 5.74) is 1.22. The van der Waals surface area contributed by atoms with E-state index in [1.54, 1.807) is 38.1 Å². The number of nitrogens with zero attached hydrogens (tertiary/aromatic N) is 2. The van der Waals surface area contributed by atoms with Gasteiger partial charge in [-0.05, 0) is 49.2 Å². The van der Waals surface area contributed by atoms with Gasteiger partial charge in [0.2, 0.25) is 5.91 Å². The minimum atomic E-state index is -0.822. The van der Waals surface area contributed by atoms with E-state index < -0.39 is 23.7 Å². The first-order chi connectivity index (χ1) is 18.7. The number of ether oxygens (including phenoxy) is 3. The van der Waals surface area contributed by atoms with Crippen molar-refractivity contribution in [1.29, 1.82) is 0 Å². The molecule has 2 aromatic carbocycles. The Morgan fingerprint density at radius 2 is 2.00 bits per heavy atom. The summed E-state index contributed by atoms with van der Waals surface area (Å²) in [6, 6.07) is 13.0. The third-order valence-electron chi connectivity index (χ3n) is 5.69. The lowest BCUT2D eigenvalue weighted by Gasteiger charge is -2.22. The van der Waals surface area contributed by atoms with Crippen molar-refractivity contribution >= 4 is 29.5 Å². The fraction of sp³-hybridized carbons (Fsp3) is 0.385. The number of amides is 2. The molecule has 208 valence electrons. The number of anilines is 1. The first-order valence-electron chi connectivity index (χ1n) is 12.3. The molecule has 0 unspecified atom stereocenters. The Bertz CT molecular complexity index is 1270. The van der Waals surface area contributed by atoms with Crippen LogP contribution < -0.4 is 16.0 Å². The van der Waals surface area contributed by atoms with Crippen LogP contribution >= 0.6 is 11.6 Å². The quantitative estimate of drug-likeness (QED) is 0.318. The highest BCUT2D eigenvalue weighted by molar-refractivity contribution is 6.31. The van der Waals surface area contributed by atoms with Crippen LogP contribution in [0.1, 0.15) is 25.8 Å². The third kappa shape index (κ3) is 8.45. The zero-order valence-corrected chi connectivity index (χ0v) is 22.2. The van der Waals surface area contributed by atoms with Crippen LogP contribution in [0.25, 0.3) is 11.5 Å². The molecule has 0 saturated carbocycles. The number of hydrogen-bond acceptors (Lipinski definition) is 9. The van der Waals surface area contributed by atoms with Crippen LogP contribution in [0.3, 0.4) is 0 Å². The summed E-state index contributed by atoms with van der Waals surface area (Å²) >= 11 is 5.96. The SMILES string of the molecule is CC1(C)OC[C@@H](C[C@@H](COC(=O)Nc2noc(-c3ccccc3)n2)NC(=O)CNCc2cccc(F)c2Cl)O1. The average Bonchev–Trinajstić information content (AvgIpc) is 3.51. The van der Waals surface area contributed by atoms with E-state index in [1.807, 2.05) is 18.2 Å². The van der Waals surface area contributed by atoms with Crippen LogP contribution in [-0.4, -0.2) is 59.8 Å². The van der Waals surface area contributed by atoms with Crippen LogP contribution in [-0.2, 0) is 25.5 Å². The zero-order valence-electron chi connectivity index (χ0n) is 21.4. The number of carbonyl (C=O) groups is 2. The lowest BCUT2D eigenvalue weighted by Crippen LogP contribution is -2.45. The predicted molar refractivity (Wildman–Crippen MR) is 139 cm³/mol. The molecule has 0 radical (unpaired) electrons. The lowest BCUT2D eigenvalue weighted by molar-refractivity contribution is -0.140. The monoisotopic (exact) mass is 561 g/mol. The van der Waals surface area contributed by atoms with Gasteiger partial charge in [-0.25, -0.2) is 9.18 Å². The molecule has 13 heteroatoms. The van der Waals surface area contributed by atoms with Crippen molar-refractivity contribution in [2.75, 3.05) is 25.1 Å². The molecule has 4 rings (SSSR count). The van der Waals surface area contributed by atoms with Crippen LogP contribution in [0.2, 0.25) is 5.02 Å².